The van der Waals surface area contributed by atoms with Gasteiger partial charge in [0.2, 0.25) is 5.91 Å². The summed E-state index contributed by atoms with van der Waals surface area (Å²) in [6, 6.07) is 4.54. The van der Waals surface area contributed by atoms with Crippen molar-refractivity contribution >= 4 is 40.8 Å². The first-order valence-corrected chi connectivity index (χ1v) is 10.5. The standard InChI is InChI=1S/C17H19FN4O3S2/c1-10(23)19-8-12-9-22(17(24)25-12)11-3-4-13(14(18)7-11)16-21-20-15(27-16)5-6-26-2/h3-4,7,12H,5-6,8-9H2,1-2H3,(H,19,23). The molecule has 0 radical (unpaired) electrons. The number of halogens is 1. The number of benzene rings is 1. The van der Waals surface area contributed by atoms with Gasteiger partial charge in [-0.25, -0.2) is 9.18 Å². The summed E-state index contributed by atoms with van der Waals surface area (Å²) < 4.78 is 19.8. The SMILES string of the molecule is CSCCc1nnc(-c2ccc(N3CC(CNC(C)=O)OC3=O)cc2F)s1. The number of aryl methyl sites for hydroxylation is 1. The van der Waals surface area contributed by atoms with Crippen molar-refractivity contribution < 1.29 is 18.7 Å². The van der Waals surface area contributed by atoms with Crippen molar-refractivity contribution in [3.63, 3.8) is 0 Å². The Morgan fingerprint density at radius 3 is 3.00 bits per heavy atom. The van der Waals surface area contributed by atoms with Crippen LogP contribution in [-0.4, -0.2) is 53.4 Å². The Balaban J connectivity index is 1.72. The molecule has 1 atom stereocenters. The molecule has 1 fully saturated rings. The first-order chi connectivity index (χ1) is 13.0. The van der Waals surface area contributed by atoms with Gasteiger partial charge in [-0.05, 0) is 30.2 Å². The summed E-state index contributed by atoms with van der Waals surface area (Å²) in [5.41, 5.74) is 0.757. The van der Waals surface area contributed by atoms with Crippen LogP contribution in [0.4, 0.5) is 14.9 Å². The topological polar surface area (TPSA) is 84.4 Å². The minimum Gasteiger partial charge on any atom is -0.442 e. The van der Waals surface area contributed by atoms with Crippen molar-refractivity contribution in [2.75, 3.05) is 30.0 Å². The van der Waals surface area contributed by atoms with E-state index in [1.54, 1.807) is 23.9 Å². The molecule has 0 aliphatic carbocycles. The van der Waals surface area contributed by atoms with Crippen molar-refractivity contribution in [1.82, 2.24) is 15.5 Å². The van der Waals surface area contributed by atoms with Crippen LogP contribution < -0.4 is 10.2 Å². The Labute approximate surface area is 164 Å². The van der Waals surface area contributed by atoms with Gasteiger partial charge >= 0.3 is 6.09 Å². The molecule has 0 bridgehead atoms. The van der Waals surface area contributed by atoms with Gasteiger partial charge in [-0.1, -0.05) is 11.3 Å². The molecule has 1 aromatic carbocycles. The van der Waals surface area contributed by atoms with Crippen molar-refractivity contribution in [3.05, 3.63) is 29.0 Å². The maximum atomic E-state index is 14.6. The van der Waals surface area contributed by atoms with E-state index in [1.165, 1.54) is 29.2 Å². The van der Waals surface area contributed by atoms with Crippen LogP contribution in [-0.2, 0) is 16.0 Å². The molecule has 10 heteroatoms. The molecular formula is C17H19FN4O3S2. The average Bonchev–Trinajstić information content (AvgIpc) is 3.24. The van der Waals surface area contributed by atoms with Crippen LogP contribution in [0.3, 0.4) is 0 Å². The van der Waals surface area contributed by atoms with Gasteiger partial charge in [0.15, 0.2) is 5.01 Å². The van der Waals surface area contributed by atoms with Gasteiger partial charge in [0.1, 0.15) is 16.9 Å². The zero-order valence-electron chi connectivity index (χ0n) is 14.9. The molecule has 2 amide bonds. The molecule has 1 aliphatic rings. The number of aromatic nitrogens is 2. The highest BCUT2D eigenvalue weighted by molar-refractivity contribution is 7.98. The second-order valence-electron chi connectivity index (χ2n) is 5.96. The van der Waals surface area contributed by atoms with Crippen molar-refractivity contribution in [1.29, 1.82) is 0 Å². The minimum absolute atomic E-state index is 0.200. The van der Waals surface area contributed by atoms with Gasteiger partial charge < -0.3 is 10.1 Å². The van der Waals surface area contributed by atoms with Crippen molar-refractivity contribution in [2.45, 2.75) is 19.4 Å². The van der Waals surface area contributed by atoms with Crippen LogP contribution in [0.1, 0.15) is 11.9 Å². The molecule has 7 nitrogen and oxygen atoms in total. The van der Waals surface area contributed by atoms with E-state index < -0.39 is 18.0 Å². The Morgan fingerprint density at radius 1 is 1.48 bits per heavy atom. The van der Waals surface area contributed by atoms with Gasteiger partial charge in [-0.15, -0.1) is 10.2 Å². The minimum atomic E-state index is -0.562. The van der Waals surface area contributed by atoms with Crippen molar-refractivity contribution in [2.24, 2.45) is 0 Å². The quantitative estimate of drug-likeness (QED) is 0.756. The number of carbonyl (C=O) groups is 2. The molecule has 1 aliphatic heterocycles. The smallest absolute Gasteiger partial charge is 0.414 e. The fourth-order valence-corrected chi connectivity index (χ4v) is 3.99. The van der Waals surface area contributed by atoms with E-state index in [2.05, 4.69) is 15.5 Å². The highest BCUT2D eigenvalue weighted by Gasteiger charge is 2.32. The number of rotatable bonds is 7. The molecule has 2 heterocycles. The molecule has 27 heavy (non-hydrogen) atoms. The molecule has 3 rings (SSSR count). The number of anilines is 1. The van der Waals surface area contributed by atoms with Crippen molar-refractivity contribution in [3.8, 4) is 10.6 Å². The second-order valence-corrected chi connectivity index (χ2v) is 8.01. The van der Waals surface area contributed by atoms with Gasteiger partial charge in [0, 0.05) is 18.9 Å². The summed E-state index contributed by atoms with van der Waals surface area (Å²) in [4.78, 5) is 24.4. The van der Waals surface area contributed by atoms with Crippen LogP contribution in [0.5, 0.6) is 0 Å². The number of hydrogen-bond acceptors (Lipinski definition) is 7. The molecule has 1 saturated heterocycles. The average molecular weight is 410 g/mol. The number of thioether (sulfide) groups is 1. The third-order valence-electron chi connectivity index (χ3n) is 3.93. The number of hydrogen-bond donors (Lipinski definition) is 1. The summed E-state index contributed by atoms with van der Waals surface area (Å²) >= 11 is 3.09. The summed E-state index contributed by atoms with van der Waals surface area (Å²) in [6.45, 7) is 1.86. The summed E-state index contributed by atoms with van der Waals surface area (Å²) in [5, 5.41) is 12.2. The molecule has 2 aromatic rings. The van der Waals surface area contributed by atoms with Crippen LogP contribution in [0.2, 0.25) is 0 Å². The third kappa shape index (κ3) is 4.75. The number of amides is 2. The Kier molecular flexibility index (Phi) is 6.27. The molecule has 0 saturated carbocycles. The van der Waals surface area contributed by atoms with E-state index in [1.807, 2.05) is 6.26 Å². The van der Waals surface area contributed by atoms with Crippen LogP contribution in [0, 0.1) is 5.82 Å². The lowest BCUT2D eigenvalue weighted by atomic mass is 10.2. The first kappa shape index (κ1) is 19.6. The summed E-state index contributed by atoms with van der Waals surface area (Å²) in [7, 11) is 0. The van der Waals surface area contributed by atoms with E-state index >= 15 is 0 Å². The van der Waals surface area contributed by atoms with E-state index in [-0.39, 0.29) is 19.0 Å². The van der Waals surface area contributed by atoms with Gasteiger partial charge in [-0.2, -0.15) is 11.8 Å². The molecule has 144 valence electrons. The fourth-order valence-electron chi connectivity index (χ4n) is 2.59. The number of cyclic esters (lactones) is 1. The largest absolute Gasteiger partial charge is 0.442 e. The van der Waals surface area contributed by atoms with Gasteiger partial charge in [-0.3, -0.25) is 9.69 Å². The van der Waals surface area contributed by atoms with Gasteiger partial charge in [0.05, 0.1) is 18.8 Å². The third-order valence-corrected chi connectivity index (χ3v) is 5.56. The predicted molar refractivity (Wildman–Crippen MR) is 104 cm³/mol. The first-order valence-electron chi connectivity index (χ1n) is 8.31. The number of nitrogens with one attached hydrogen (secondary N) is 1. The van der Waals surface area contributed by atoms with E-state index in [9.17, 15) is 14.0 Å². The molecule has 1 aromatic heterocycles. The highest BCUT2D eigenvalue weighted by Crippen LogP contribution is 2.31. The lowest BCUT2D eigenvalue weighted by molar-refractivity contribution is -0.119. The van der Waals surface area contributed by atoms with E-state index in [4.69, 9.17) is 4.74 Å². The maximum absolute atomic E-state index is 14.6. The number of nitrogens with zero attached hydrogens (tertiary/aromatic N) is 3. The second kappa shape index (κ2) is 8.66. The zero-order valence-corrected chi connectivity index (χ0v) is 16.5. The molecule has 1 unspecified atom stereocenters. The predicted octanol–water partition coefficient (Wildman–Crippen LogP) is 2.71. The molecular weight excluding hydrogens is 391 g/mol. The van der Waals surface area contributed by atoms with Gasteiger partial charge in [0.25, 0.3) is 0 Å². The number of carbonyl (C=O) groups excluding carboxylic acids is 2. The Bertz CT molecular complexity index is 845. The van der Waals surface area contributed by atoms with Crippen LogP contribution in [0.15, 0.2) is 18.2 Å². The monoisotopic (exact) mass is 410 g/mol. The Morgan fingerprint density at radius 2 is 2.30 bits per heavy atom. The zero-order chi connectivity index (χ0) is 19.4. The van der Waals surface area contributed by atoms with Crippen LogP contribution >= 0.6 is 23.1 Å². The fraction of sp³-hybridized carbons (Fsp3) is 0.412. The van der Waals surface area contributed by atoms with Crippen LogP contribution in [0.25, 0.3) is 10.6 Å². The lowest BCUT2D eigenvalue weighted by Crippen LogP contribution is -2.33. The molecule has 0 spiro atoms. The highest BCUT2D eigenvalue weighted by atomic mass is 32.2. The normalized spacial score (nSPS) is 16.5. The lowest BCUT2D eigenvalue weighted by Gasteiger charge is -2.14. The molecule has 1 N–H and O–H groups in total. The summed E-state index contributed by atoms with van der Waals surface area (Å²) in [6.07, 6.45) is 1.79. The summed E-state index contributed by atoms with van der Waals surface area (Å²) in [5.74, 6) is 0.263. The van der Waals surface area contributed by atoms with E-state index in [0.29, 0.717) is 16.3 Å². The van der Waals surface area contributed by atoms with E-state index in [0.717, 1.165) is 17.2 Å². The Hall–Kier alpha value is -2.20. The number of ether oxygens (including phenoxy) is 1. The maximum Gasteiger partial charge on any atom is 0.414 e.